The number of hydrogen-bond donors (Lipinski definition) is 1. The molecule has 2 nitrogen and oxygen atoms in total. The monoisotopic (exact) mass is 240 g/mol. The topological polar surface area (TPSA) is 15.3 Å². The molecule has 1 N–H and O–H groups in total. The number of benzene rings is 1. The molecule has 0 bridgehead atoms. The Hall–Kier alpha value is -1.00. The number of halogens is 2. The van der Waals surface area contributed by atoms with Gasteiger partial charge in [-0.05, 0) is 36.7 Å². The molecule has 17 heavy (non-hydrogen) atoms. The van der Waals surface area contributed by atoms with Crippen molar-refractivity contribution in [2.75, 3.05) is 20.1 Å². The van der Waals surface area contributed by atoms with Crippen LogP contribution in [0, 0.1) is 0 Å². The largest absolute Gasteiger partial charge is 0.312 e. The van der Waals surface area contributed by atoms with Gasteiger partial charge in [-0.3, -0.25) is 4.90 Å². The van der Waals surface area contributed by atoms with Gasteiger partial charge in [0.25, 0.3) is 6.43 Å². The second-order valence-electron chi connectivity index (χ2n) is 4.57. The van der Waals surface area contributed by atoms with Crippen LogP contribution in [-0.2, 0) is 19.5 Å². The minimum atomic E-state index is -2.26. The van der Waals surface area contributed by atoms with E-state index >= 15 is 0 Å². The van der Waals surface area contributed by atoms with E-state index in [9.17, 15) is 8.78 Å². The molecule has 1 aromatic rings. The van der Waals surface area contributed by atoms with Crippen molar-refractivity contribution in [3.63, 3.8) is 0 Å². The maximum atomic E-state index is 12.3. The molecule has 94 valence electrons. The fraction of sp³-hybridized carbons (Fsp3) is 0.538. The number of hydrogen-bond acceptors (Lipinski definition) is 2. The van der Waals surface area contributed by atoms with Crippen LogP contribution in [0.5, 0.6) is 0 Å². The van der Waals surface area contributed by atoms with Crippen molar-refractivity contribution in [3.8, 4) is 0 Å². The van der Waals surface area contributed by atoms with Crippen LogP contribution in [0.1, 0.15) is 16.7 Å². The van der Waals surface area contributed by atoms with Crippen LogP contribution in [-0.4, -0.2) is 31.5 Å². The van der Waals surface area contributed by atoms with Gasteiger partial charge in [-0.15, -0.1) is 0 Å². The molecule has 0 radical (unpaired) electrons. The zero-order valence-corrected chi connectivity index (χ0v) is 10.0. The van der Waals surface area contributed by atoms with Gasteiger partial charge >= 0.3 is 0 Å². The second-order valence-corrected chi connectivity index (χ2v) is 4.57. The summed E-state index contributed by atoms with van der Waals surface area (Å²) < 4.78 is 24.6. The van der Waals surface area contributed by atoms with Crippen molar-refractivity contribution in [2.24, 2.45) is 0 Å². The third-order valence-electron chi connectivity index (χ3n) is 3.13. The standard InChI is InChI=1S/C13H18F2N2/c1-17(9-13(14)15)8-11-4-2-3-10-7-16-6-5-12(10)11/h2-4,13,16H,5-9H2,1H3. The van der Waals surface area contributed by atoms with E-state index in [1.54, 1.807) is 11.9 Å². The van der Waals surface area contributed by atoms with Crippen LogP contribution in [0.25, 0.3) is 0 Å². The first-order chi connectivity index (χ1) is 8.16. The average molecular weight is 240 g/mol. The first kappa shape index (κ1) is 12.5. The Morgan fingerprint density at radius 1 is 1.41 bits per heavy atom. The first-order valence-electron chi connectivity index (χ1n) is 5.94. The van der Waals surface area contributed by atoms with Crippen molar-refractivity contribution in [1.29, 1.82) is 0 Å². The van der Waals surface area contributed by atoms with Crippen molar-refractivity contribution >= 4 is 0 Å². The Morgan fingerprint density at radius 3 is 3.00 bits per heavy atom. The van der Waals surface area contributed by atoms with E-state index in [4.69, 9.17) is 0 Å². The average Bonchev–Trinajstić information content (AvgIpc) is 2.28. The van der Waals surface area contributed by atoms with Crippen LogP contribution in [0.3, 0.4) is 0 Å². The van der Waals surface area contributed by atoms with Crippen LogP contribution in [0.4, 0.5) is 8.78 Å². The quantitative estimate of drug-likeness (QED) is 0.866. The lowest BCUT2D eigenvalue weighted by atomic mass is 9.95. The summed E-state index contributed by atoms with van der Waals surface area (Å²) in [5, 5.41) is 3.32. The van der Waals surface area contributed by atoms with Gasteiger partial charge in [-0.1, -0.05) is 18.2 Å². The molecule has 0 aliphatic carbocycles. The van der Waals surface area contributed by atoms with E-state index in [-0.39, 0.29) is 6.54 Å². The van der Waals surface area contributed by atoms with Gasteiger partial charge in [0.05, 0.1) is 6.54 Å². The molecule has 0 saturated carbocycles. The van der Waals surface area contributed by atoms with E-state index in [0.29, 0.717) is 6.54 Å². The second kappa shape index (κ2) is 5.56. The SMILES string of the molecule is CN(Cc1cccc2c1CCNC2)CC(F)F. The molecule has 0 fully saturated rings. The van der Waals surface area contributed by atoms with Gasteiger partial charge in [0.1, 0.15) is 0 Å². The summed E-state index contributed by atoms with van der Waals surface area (Å²) in [6.07, 6.45) is -1.27. The predicted octanol–water partition coefficient (Wildman–Crippen LogP) is 2.03. The smallest absolute Gasteiger partial charge is 0.251 e. The normalized spacial score (nSPS) is 15.4. The van der Waals surface area contributed by atoms with Gasteiger partial charge in [0.2, 0.25) is 0 Å². The van der Waals surface area contributed by atoms with E-state index in [1.165, 1.54) is 16.7 Å². The predicted molar refractivity (Wildman–Crippen MR) is 64.2 cm³/mol. The molecule has 1 heterocycles. The lowest BCUT2D eigenvalue weighted by Crippen LogP contribution is -2.28. The van der Waals surface area contributed by atoms with Crippen molar-refractivity contribution in [3.05, 3.63) is 34.9 Å². The van der Waals surface area contributed by atoms with E-state index in [2.05, 4.69) is 11.4 Å². The molecule has 1 aliphatic rings. The number of fused-ring (bicyclic) bond motifs is 1. The molecule has 1 aromatic carbocycles. The van der Waals surface area contributed by atoms with Gasteiger partial charge in [0, 0.05) is 13.1 Å². The Labute approximate surface area is 101 Å². The summed E-state index contributed by atoms with van der Waals surface area (Å²) in [5.74, 6) is 0. The molecule has 4 heteroatoms. The summed E-state index contributed by atoms with van der Waals surface area (Å²) in [7, 11) is 1.74. The van der Waals surface area contributed by atoms with E-state index in [0.717, 1.165) is 19.5 Å². The molecule has 0 aromatic heterocycles. The molecule has 0 unspecified atom stereocenters. The molecule has 1 aliphatic heterocycles. The third-order valence-corrected chi connectivity index (χ3v) is 3.13. The fourth-order valence-corrected chi connectivity index (χ4v) is 2.35. The fourth-order valence-electron chi connectivity index (χ4n) is 2.35. The number of nitrogens with one attached hydrogen (secondary N) is 1. The minimum absolute atomic E-state index is 0.165. The lowest BCUT2D eigenvalue weighted by molar-refractivity contribution is 0.0974. The molecule has 0 spiro atoms. The van der Waals surface area contributed by atoms with Crippen molar-refractivity contribution in [2.45, 2.75) is 25.9 Å². The molecule has 0 saturated heterocycles. The molecule has 2 rings (SSSR count). The Morgan fingerprint density at radius 2 is 2.24 bits per heavy atom. The molecular formula is C13H18F2N2. The van der Waals surface area contributed by atoms with Crippen molar-refractivity contribution < 1.29 is 8.78 Å². The summed E-state index contributed by atoms with van der Waals surface area (Å²) >= 11 is 0. The maximum absolute atomic E-state index is 12.3. The number of alkyl halides is 2. The maximum Gasteiger partial charge on any atom is 0.251 e. The zero-order chi connectivity index (χ0) is 12.3. The lowest BCUT2D eigenvalue weighted by Gasteiger charge is -2.23. The van der Waals surface area contributed by atoms with Crippen LogP contribution >= 0.6 is 0 Å². The molecule has 0 amide bonds. The van der Waals surface area contributed by atoms with Gasteiger partial charge in [-0.25, -0.2) is 8.78 Å². The van der Waals surface area contributed by atoms with Gasteiger partial charge in [0.15, 0.2) is 0 Å². The Bertz CT molecular complexity index is 380. The van der Waals surface area contributed by atoms with Crippen LogP contribution in [0.2, 0.25) is 0 Å². The van der Waals surface area contributed by atoms with E-state index in [1.807, 2.05) is 12.1 Å². The zero-order valence-electron chi connectivity index (χ0n) is 10.0. The Kier molecular flexibility index (Phi) is 4.07. The molecule has 0 atom stereocenters. The molecular weight excluding hydrogens is 222 g/mol. The number of rotatable bonds is 4. The highest BCUT2D eigenvalue weighted by molar-refractivity contribution is 5.36. The third kappa shape index (κ3) is 3.23. The highest BCUT2D eigenvalue weighted by atomic mass is 19.3. The summed E-state index contributed by atoms with van der Waals surface area (Å²) in [6.45, 7) is 2.31. The van der Waals surface area contributed by atoms with Crippen LogP contribution in [0.15, 0.2) is 18.2 Å². The summed E-state index contributed by atoms with van der Waals surface area (Å²) in [4.78, 5) is 1.68. The number of nitrogens with zero attached hydrogens (tertiary/aromatic N) is 1. The highest BCUT2D eigenvalue weighted by Gasteiger charge is 2.14. The summed E-state index contributed by atoms with van der Waals surface area (Å²) in [5.41, 5.74) is 3.83. The highest BCUT2D eigenvalue weighted by Crippen LogP contribution is 2.20. The first-order valence-corrected chi connectivity index (χ1v) is 5.94. The van der Waals surface area contributed by atoms with Crippen molar-refractivity contribution in [1.82, 2.24) is 10.2 Å². The van der Waals surface area contributed by atoms with Gasteiger partial charge < -0.3 is 5.32 Å². The summed E-state index contributed by atoms with van der Waals surface area (Å²) in [6, 6.07) is 6.17. The Balaban J connectivity index is 2.10. The van der Waals surface area contributed by atoms with Gasteiger partial charge in [-0.2, -0.15) is 0 Å². The van der Waals surface area contributed by atoms with E-state index < -0.39 is 6.43 Å². The van der Waals surface area contributed by atoms with Crippen LogP contribution < -0.4 is 5.32 Å². The minimum Gasteiger partial charge on any atom is -0.312 e.